The molecule has 4 aromatic rings. The van der Waals surface area contributed by atoms with E-state index in [4.69, 9.17) is 0 Å². The van der Waals surface area contributed by atoms with E-state index in [9.17, 15) is 0 Å². The van der Waals surface area contributed by atoms with Crippen LogP contribution in [0.4, 0.5) is 17.1 Å². The molecule has 0 aromatic heterocycles. The summed E-state index contributed by atoms with van der Waals surface area (Å²) in [4.78, 5) is 2.27. The van der Waals surface area contributed by atoms with Gasteiger partial charge < -0.3 is 4.90 Å². The molecule has 0 saturated carbocycles. The number of benzene rings is 4. The molecule has 0 atom stereocenters. The van der Waals surface area contributed by atoms with Gasteiger partial charge in [0.25, 0.3) is 0 Å². The monoisotopic (exact) mass is 361 g/mol. The SMILES string of the molecule is Cc1ccccc1/C=C/c1ccc(N(c2ccccc2)c2ccccc2)cc1. The summed E-state index contributed by atoms with van der Waals surface area (Å²) in [6.07, 6.45) is 4.35. The largest absolute Gasteiger partial charge is 0.311 e. The molecule has 0 amide bonds. The van der Waals surface area contributed by atoms with E-state index >= 15 is 0 Å². The van der Waals surface area contributed by atoms with Crippen molar-refractivity contribution in [2.45, 2.75) is 6.92 Å². The van der Waals surface area contributed by atoms with E-state index in [1.807, 2.05) is 12.1 Å². The van der Waals surface area contributed by atoms with Gasteiger partial charge in [-0.1, -0.05) is 84.9 Å². The Morgan fingerprint density at radius 3 is 1.57 bits per heavy atom. The summed E-state index contributed by atoms with van der Waals surface area (Å²) in [7, 11) is 0. The molecule has 0 bridgehead atoms. The summed E-state index contributed by atoms with van der Waals surface area (Å²) in [5, 5.41) is 0. The van der Waals surface area contributed by atoms with E-state index in [2.05, 4.69) is 121 Å². The third-order valence-electron chi connectivity index (χ3n) is 4.82. The highest BCUT2D eigenvalue weighted by atomic mass is 15.1. The lowest BCUT2D eigenvalue weighted by Crippen LogP contribution is -2.09. The highest BCUT2D eigenvalue weighted by Crippen LogP contribution is 2.34. The van der Waals surface area contributed by atoms with E-state index < -0.39 is 0 Å². The molecule has 0 aliphatic carbocycles. The molecule has 0 radical (unpaired) electrons. The lowest BCUT2D eigenvalue weighted by molar-refractivity contribution is 1.28. The maximum atomic E-state index is 2.27. The number of rotatable bonds is 5. The van der Waals surface area contributed by atoms with Crippen LogP contribution in [0, 0.1) is 6.92 Å². The smallest absolute Gasteiger partial charge is 0.0462 e. The molecule has 4 rings (SSSR count). The first kappa shape index (κ1) is 17.8. The number of anilines is 3. The summed E-state index contributed by atoms with van der Waals surface area (Å²) in [6.45, 7) is 2.14. The van der Waals surface area contributed by atoms with Crippen LogP contribution >= 0.6 is 0 Å². The Morgan fingerprint density at radius 2 is 1.00 bits per heavy atom. The van der Waals surface area contributed by atoms with Crippen LogP contribution in [0.3, 0.4) is 0 Å². The molecule has 0 spiro atoms. The third-order valence-corrected chi connectivity index (χ3v) is 4.82. The molecule has 1 heteroatoms. The molecule has 0 saturated heterocycles. The molecular formula is C27H23N. The second-order valence-corrected chi connectivity index (χ2v) is 6.79. The van der Waals surface area contributed by atoms with Crippen LogP contribution in [-0.2, 0) is 0 Å². The van der Waals surface area contributed by atoms with Crippen molar-refractivity contribution in [3.05, 3.63) is 126 Å². The van der Waals surface area contributed by atoms with Crippen LogP contribution in [0.1, 0.15) is 16.7 Å². The molecule has 0 aliphatic rings. The highest BCUT2D eigenvalue weighted by Gasteiger charge is 2.11. The zero-order valence-electron chi connectivity index (χ0n) is 16.0. The van der Waals surface area contributed by atoms with Crippen molar-refractivity contribution >= 4 is 29.2 Å². The predicted molar refractivity (Wildman–Crippen MR) is 121 cm³/mol. The molecule has 28 heavy (non-hydrogen) atoms. The first-order valence-corrected chi connectivity index (χ1v) is 9.55. The second-order valence-electron chi connectivity index (χ2n) is 6.79. The van der Waals surface area contributed by atoms with Crippen LogP contribution in [0.2, 0.25) is 0 Å². The summed E-state index contributed by atoms with van der Waals surface area (Å²) >= 11 is 0. The lowest BCUT2D eigenvalue weighted by Gasteiger charge is -2.25. The van der Waals surface area contributed by atoms with Crippen molar-refractivity contribution in [1.29, 1.82) is 0 Å². The minimum atomic E-state index is 1.14. The summed E-state index contributed by atoms with van der Waals surface area (Å²) in [6, 6.07) is 38.1. The van der Waals surface area contributed by atoms with Crippen molar-refractivity contribution in [1.82, 2.24) is 0 Å². The van der Waals surface area contributed by atoms with Crippen LogP contribution in [-0.4, -0.2) is 0 Å². The maximum Gasteiger partial charge on any atom is 0.0462 e. The molecule has 0 heterocycles. The molecule has 1 nitrogen and oxygen atoms in total. The van der Waals surface area contributed by atoms with E-state index in [1.165, 1.54) is 16.7 Å². The van der Waals surface area contributed by atoms with Gasteiger partial charge in [-0.05, 0) is 60.0 Å². The average Bonchev–Trinajstić information content (AvgIpc) is 2.76. The predicted octanol–water partition coefficient (Wildman–Crippen LogP) is 7.64. The van der Waals surface area contributed by atoms with Gasteiger partial charge in [-0.3, -0.25) is 0 Å². The van der Waals surface area contributed by atoms with E-state index in [-0.39, 0.29) is 0 Å². The number of para-hydroxylation sites is 2. The van der Waals surface area contributed by atoms with Crippen LogP contribution in [0.15, 0.2) is 109 Å². The second kappa shape index (κ2) is 8.41. The molecule has 4 aromatic carbocycles. The minimum absolute atomic E-state index is 1.14. The molecular weight excluding hydrogens is 338 g/mol. The minimum Gasteiger partial charge on any atom is -0.311 e. The first-order valence-electron chi connectivity index (χ1n) is 9.55. The molecule has 0 N–H and O–H groups in total. The van der Waals surface area contributed by atoms with Gasteiger partial charge in [0.2, 0.25) is 0 Å². The molecule has 136 valence electrons. The van der Waals surface area contributed by atoms with E-state index in [0.717, 1.165) is 17.1 Å². The van der Waals surface area contributed by atoms with Crippen molar-refractivity contribution in [2.75, 3.05) is 4.90 Å². The summed E-state index contributed by atoms with van der Waals surface area (Å²) in [5.41, 5.74) is 7.17. The van der Waals surface area contributed by atoms with Crippen LogP contribution in [0.5, 0.6) is 0 Å². The normalized spacial score (nSPS) is 10.9. The standard InChI is InChI=1S/C27H23N/c1-22-10-8-9-11-24(22)19-16-23-17-20-27(21-18-23)28(25-12-4-2-5-13-25)26-14-6-3-7-15-26/h2-21H,1H3/b19-16+. The lowest BCUT2D eigenvalue weighted by atomic mass is 10.1. The van der Waals surface area contributed by atoms with Crippen molar-refractivity contribution in [3.63, 3.8) is 0 Å². The van der Waals surface area contributed by atoms with Gasteiger partial charge in [-0.15, -0.1) is 0 Å². The molecule has 0 unspecified atom stereocenters. The number of hydrogen-bond donors (Lipinski definition) is 0. The van der Waals surface area contributed by atoms with Gasteiger partial charge in [-0.25, -0.2) is 0 Å². The Hall–Kier alpha value is -3.58. The first-order chi connectivity index (χ1) is 13.8. The summed E-state index contributed by atoms with van der Waals surface area (Å²) in [5.74, 6) is 0. The Labute approximate surface area is 167 Å². The van der Waals surface area contributed by atoms with Gasteiger partial charge in [0.05, 0.1) is 0 Å². The van der Waals surface area contributed by atoms with Gasteiger partial charge in [0.1, 0.15) is 0 Å². The zero-order chi connectivity index (χ0) is 19.2. The average molecular weight is 361 g/mol. The topological polar surface area (TPSA) is 3.24 Å². The number of nitrogens with zero attached hydrogens (tertiary/aromatic N) is 1. The number of hydrogen-bond acceptors (Lipinski definition) is 1. The Kier molecular flexibility index (Phi) is 5.35. The quantitative estimate of drug-likeness (QED) is 0.330. The van der Waals surface area contributed by atoms with Gasteiger partial charge in [0, 0.05) is 17.1 Å². The number of aryl methyl sites for hydroxylation is 1. The van der Waals surface area contributed by atoms with Crippen molar-refractivity contribution in [2.24, 2.45) is 0 Å². The zero-order valence-corrected chi connectivity index (χ0v) is 16.0. The van der Waals surface area contributed by atoms with Crippen molar-refractivity contribution < 1.29 is 0 Å². The summed E-state index contributed by atoms with van der Waals surface area (Å²) < 4.78 is 0. The fourth-order valence-corrected chi connectivity index (χ4v) is 3.30. The molecule has 0 fully saturated rings. The fraction of sp³-hybridized carbons (Fsp3) is 0.0370. The van der Waals surface area contributed by atoms with Gasteiger partial charge in [-0.2, -0.15) is 0 Å². The van der Waals surface area contributed by atoms with Crippen LogP contribution < -0.4 is 4.90 Å². The third kappa shape index (κ3) is 4.05. The van der Waals surface area contributed by atoms with Gasteiger partial charge >= 0.3 is 0 Å². The fourth-order valence-electron chi connectivity index (χ4n) is 3.30. The van der Waals surface area contributed by atoms with E-state index in [0.29, 0.717) is 0 Å². The Bertz CT molecular complexity index is 1010. The van der Waals surface area contributed by atoms with Crippen LogP contribution in [0.25, 0.3) is 12.2 Å². The van der Waals surface area contributed by atoms with E-state index in [1.54, 1.807) is 0 Å². The van der Waals surface area contributed by atoms with Gasteiger partial charge in [0.15, 0.2) is 0 Å². The van der Waals surface area contributed by atoms with Crippen molar-refractivity contribution in [3.8, 4) is 0 Å². The highest BCUT2D eigenvalue weighted by molar-refractivity contribution is 5.78. The molecule has 0 aliphatic heterocycles. The Balaban J connectivity index is 1.64. The Morgan fingerprint density at radius 1 is 0.500 bits per heavy atom. The maximum absolute atomic E-state index is 2.27.